The number of nitrogens with zero attached hydrogens (tertiary/aromatic N) is 3. The van der Waals surface area contributed by atoms with Gasteiger partial charge in [0.05, 0.1) is 5.92 Å². The van der Waals surface area contributed by atoms with Crippen molar-refractivity contribution in [1.29, 1.82) is 0 Å². The fraction of sp³-hybridized carbons (Fsp3) is 0.348. The molecule has 0 bridgehead atoms. The van der Waals surface area contributed by atoms with Crippen LogP contribution in [0.15, 0.2) is 51.9 Å². The van der Waals surface area contributed by atoms with Gasteiger partial charge < -0.3 is 9.42 Å². The summed E-state index contributed by atoms with van der Waals surface area (Å²) in [5.41, 5.74) is 4.73. The molecule has 1 amide bonds. The monoisotopic (exact) mass is 405 g/mol. The zero-order chi connectivity index (χ0) is 19.8. The molecule has 148 valence electrons. The lowest BCUT2D eigenvalue weighted by Crippen LogP contribution is -2.26. The van der Waals surface area contributed by atoms with Gasteiger partial charge in [-0.1, -0.05) is 17.3 Å². The van der Waals surface area contributed by atoms with Crippen molar-refractivity contribution in [2.75, 3.05) is 17.7 Å². The van der Waals surface area contributed by atoms with Crippen LogP contribution in [0.2, 0.25) is 0 Å². The van der Waals surface area contributed by atoms with Crippen LogP contribution in [0.5, 0.6) is 0 Å². The van der Waals surface area contributed by atoms with Crippen molar-refractivity contribution in [3.8, 4) is 11.4 Å². The SMILES string of the molecule is CSc1ccc(-c2noc(C3CC(=O)N(c4cccc5c4CCCC5)C3)n2)cc1. The number of aromatic nitrogens is 2. The molecular weight excluding hydrogens is 382 g/mol. The van der Waals surface area contributed by atoms with E-state index in [4.69, 9.17) is 4.52 Å². The summed E-state index contributed by atoms with van der Waals surface area (Å²) < 4.78 is 5.56. The summed E-state index contributed by atoms with van der Waals surface area (Å²) in [5.74, 6) is 1.21. The highest BCUT2D eigenvalue weighted by Gasteiger charge is 2.36. The van der Waals surface area contributed by atoms with Crippen molar-refractivity contribution in [3.63, 3.8) is 0 Å². The molecule has 1 atom stereocenters. The number of aryl methyl sites for hydroxylation is 1. The third kappa shape index (κ3) is 3.46. The first-order valence-corrected chi connectivity index (χ1v) is 11.3. The largest absolute Gasteiger partial charge is 0.339 e. The number of carbonyl (C=O) groups is 1. The van der Waals surface area contributed by atoms with Gasteiger partial charge in [-0.3, -0.25) is 4.79 Å². The minimum absolute atomic E-state index is 0.0614. The van der Waals surface area contributed by atoms with Crippen LogP contribution in [0.25, 0.3) is 11.4 Å². The van der Waals surface area contributed by atoms with E-state index in [9.17, 15) is 4.79 Å². The van der Waals surface area contributed by atoms with E-state index in [2.05, 4.69) is 40.5 Å². The standard InChI is InChI=1S/C23H23N3O2S/c1-29-18-11-9-16(10-12-18)22-24-23(28-25-22)17-13-21(27)26(14-17)20-8-4-6-15-5-2-3-7-19(15)20/h4,6,8-12,17H,2-3,5,7,13-14H2,1H3. The second kappa shape index (κ2) is 7.67. The molecule has 3 aromatic rings. The first-order valence-electron chi connectivity index (χ1n) is 10.1. The van der Waals surface area contributed by atoms with Crippen LogP contribution < -0.4 is 4.90 Å². The van der Waals surface area contributed by atoms with E-state index >= 15 is 0 Å². The summed E-state index contributed by atoms with van der Waals surface area (Å²) in [4.78, 5) is 20.5. The van der Waals surface area contributed by atoms with Crippen LogP contribution in [0.3, 0.4) is 0 Å². The number of fused-ring (bicyclic) bond motifs is 1. The Morgan fingerprint density at radius 3 is 2.76 bits per heavy atom. The molecule has 1 aliphatic carbocycles. The quantitative estimate of drug-likeness (QED) is 0.580. The highest BCUT2D eigenvalue weighted by atomic mass is 32.2. The van der Waals surface area contributed by atoms with E-state index < -0.39 is 0 Å². The van der Waals surface area contributed by atoms with Gasteiger partial charge in [0.25, 0.3) is 0 Å². The maximum atomic E-state index is 12.8. The van der Waals surface area contributed by atoms with Crippen molar-refractivity contribution < 1.29 is 9.32 Å². The van der Waals surface area contributed by atoms with Crippen molar-refractivity contribution in [2.24, 2.45) is 0 Å². The number of hydrogen-bond acceptors (Lipinski definition) is 5. The average Bonchev–Trinajstić information content (AvgIpc) is 3.40. The number of rotatable bonds is 4. The molecule has 0 N–H and O–H groups in total. The number of thioether (sulfide) groups is 1. The van der Waals surface area contributed by atoms with Gasteiger partial charge in [-0.2, -0.15) is 4.98 Å². The predicted octanol–water partition coefficient (Wildman–Crippen LogP) is 4.86. The van der Waals surface area contributed by atoms with Crippen molar-refractivity contribution in [2.45, 2.75) is 42.9 Å². The molecule has 1 unspecified atom stereocenters. The maximum absolute atomic E-state index is 12.8. The maximum Gasteiger partial charge on any atom is 0.232 e. The van der Waals surface area contributed by atoms with E-state index in [1.807, 2.05) is 23.3 Å². The molecule has 5 rings (SSSR count). The summed E-state index contributed by atoms with van der Waals surface area (Å²) in [5, 5.41) is 4.16. The van der Waals surface area contributed by atoms with Crippen molar-refractivity contribution in [3.05, 3.63) is 59.5 Å². The number of amides is 1. The lowest BCUT2D eigenvalue weighted by Gasteiger charge is -2.25. The molecule has 1 fully saturated rings. The summed E-state index contributed by atoms with van der Waals surface area (Å²) >= 11 is 1.70. The molecule has 0 spiro atoms. The first kappa shape index (κ1) is 18.4. The van der Waals surface area contributed by atoms with Gasteiger partial charge in [-0.15, -0.1) is 11.8 Å². The van der Waals surface area contributed by atoms with E-state index in [1.165, 1.54) is 28.9 Å². The average molecular weight is 406 g/mol. The molecule has 1 aromatic heterocycles. The minimum atomic E-state index is -0.0614. The smallest absolute Gasteiger partial charge is 0.232 e. The summed E-state index contributed by atoms with van der Waals surface area (Å²) in [6, 6.07) is 14.5. The minimum Gasteiger partial charge on any atom is -0.339 e. The molecule has 2 heterocycles. The number of carbonyl (C=O) groups excluding carboxylic acids is 1. The number of benzene rings is 2. The van der Waals surface area contributed by atoms with Gasteiger partial charge in [-0.05, 0) is 73.4 Å². The van der Waals surface area contributed by atoms with Gasteiger partial charge in [0.15, 0.2) is 0 Å². The number of anilines is 1. The summed E-state index contributed by atoms with van der Waals surface area (Å²) in [6.07, 6.45) is 7.05. The summed E-state index contributed by atoms with van der Waals surface area (Å²) in [7, 11) is 0. The third-order valence-electron chi connectivity index (χ3n) is 5.93. The number of hydrogen-bond donors (Lipinski definition) is 0. The Bertz CT molecular complexity index is 1040. The molecule has 2 aliphatic rings. The zero-order valence-corrected chi connectivity index (χ0v) is 17.2. The molecule has 1 saturated heterocycles. The van der Waals surface area contributed by atoms with E-state index in [0.717, 1.165) is 24.1 Å². The Balaban J connectivity index is 1.38. The molecule has 6 heteroatoms. The van der Waals surface area contributed by atoms with Gasteiger partial charge in [0.2, 0.25) is 17.6 Å². The van der Waals surface area contributed by atoms with Gasteiger partial charge in [0.1, 0.15) is 0 Å². The van der Waals surface area contributed by atoms with Crippen LogP contribution in [0.4, 0.5) is 5.69 Å². The molecule has 2 aromatic carbocycles. The second-order valence-electron chi connectivity index (χ2n) is 7.71. The molecule has 5 nitrogen and oxygen atoms in total. The molecular formula is C23H23N3O2S. The first-order chi connectivity index (χ1) is 14.2. The van der Waals surface area contributed by atoms with E-state index in [-0.39, 0.29) is 11.8 Å². The van der Waals surface area contributed by atoms with Gasteiger partial charge in [0, 0.05) is 29.1 Å². The normalized spacial score (nSPS) is 18.9. The van der Waals surface area contributed by atoms with Crippen LogP contribution in [-0.4, -0.2) is 28.8 Å². The summed E-state index contributed by atoms with van der Waals surface area (Å²) in [6.45, 7) is 0.600. The molecule has 0 saturated carbocycles. The topological polar surface area (TPSA) is 59.2 Å². The fourth-order valence-corrected chi connectivity index (χ4v) is 4.79. The van der Waals surface area contributed by atoms with Crippen LogP contribution in [-0.2, 0) is 17.6 Å². The highest BCUT2D eigenvalue weighted by molar-refractivity contribution is 7.98. The lowest BCUT2D eigenvalue weighted by molar-refractivity contribution is -0.117. The Morgan fingerprint density at radius 2 is 1.93 bits per heavy atom. The molecule has 1 aliphatic heterocycles. The Morgan fingerprint density at radius 1 is 1.10 bits per heavy atom. The van der Waals surface area contributed by atoms with Gasteiger partial charge >= 0.3 is 0 Å². The molecule has 29 heavy (non-hydrogen) atoms. The van der Waals surface area contributed by atoms with Gasteiger partial charge in [-0.25, -0.2) is 0 Å². The van der Waals surface area contributed by atoms with Crippen molar-refractivity contribution in [1.82, 2.24) is 10.1 Å². The Kier molecular flexibility index (Phi) is 4.87. The highest BCUT2D eigenvalue weighted by Crippen LogP contribution is 2.36. The Hall–Kier alpha value is -2.60. The van der Waals surface area contributed by atoms with E-state index in [1.54, 1.807) is 11.8 Å². The third-order valence-corrected chi connectivity index (χ3v) is 6.67. The van der Waals surface area contributed by atoms with Crippen LogP contribution in [0.1, 0.15) is 42.2 Å². The molecule has 0 radical (unpaired) electrons. The Labute approximate surface area is 174 Å². The zero-order valence-electron chi connectivity index (χ0n) is 16.4. The van der Waals surface area contributed by atoms with Crippen LogP contribution in [0, 0.1) is 0 Å². The fourth-order valence-electron chi connectivity index (χ4n) is 4.38. The second-order valence-corrected chi connectivity index (χ2v) is 8.59. The predicted molar refractivity (Wildman–Crippen MR) is 114 cm³/mol. The lowest BCUT2D eigenvalue weighted by atomic mass is 9.90. The van der Waals surface area contributed by atoms with E-state index in [0.29, 0.717) is 24.7 Å². The van der Waals surface area contributed by atoms with Crippen LogP contribution >= 0.6 is 11.8 Å². The van der Waals surface area contributed by atoms with Crippen molar-refractivity contribution >= 4 is 23.4 Å².